The minimum Gasteiger partial charge on any atom is -0.383 e. The lowest BCUT2D eigenvalue weighted by atomic mass is 9.95. The molecular weight excluding hydrogens is 380 g/mol. The molecule has 5 nitrogen and oxygen atoms in total. The lowest BCUT2D eigenvalue weighted by Gasteiger charge is -2.13. The third-order valence-electron chi connectivity index (χ3n) is 4.94. The van der Waals surface area contributed by atoms with E-state index in [4.69, 9.17) is 5.73 Å². The molecule has 0 unspecified atom stereocenters. The Bertz CT molecular complexity index is 1260. The first-order valence-corrected chi connectivity index (χ1v) is 10.0. The number of amides is 1. The maximum atomic E-state index is 11.7. The van der Waals surface area contributed by atoms with Gasteiger partial charge in [-0.25, -0.2) is 15.0 Å². The number of carbonyl (C=O) groups is 1. The predicted molar refractivity (Wildman–Crippen MR) is 117 cm³/mol. The molecule has 29 heavy (non-hydrogen) atoms. The second-order valence-corrected chi connectivity index (χ2v) is 7.71. The van der Waals surface area contributed by atoms with E-state index >= 15 is 0 Å². The highest BCUT2D eigenvalue weighted by Crippen LogP contribution is 2.33. The molecule has 2 aromatic heterocycles. The zero-order valence-electron chi connectivity index (χ0n) is 15.4. The molecule has 0 aliphatic carbocycles. The van der Waals surface area contributed by atoms with Crippen LogP contribution >= 0.6 is 11.3 Å². The number of nitrogens with zero attached hydrogens (tertiary/aromatic N) is 3. The van der Waals surface area contributed by atoms with Crippen molar-refractivity contribution in [3.63, 3.8) is 0 Å². The van der Waals surface area contributed by atoms with Crippen LogP contribution in [0.25, 0.3) is 32.8 Å². The molecule has 1 amide bonds. The van der Waals surface area contributed by atoms with E-state index in [2.05, 4.69) is 33.2 Å². The summed E-state index contributed by atoms with van der Waals surface area (Å²) in [5.74, 6) is 0.328. The average Bonchev–Trinajstić information content (AvgIpc) is 3.29. The Morgan fingerprint density at radius 3 is 2.69 bits per heavy atom. The van der Waals surface area contributed by atoms with E-state index in [1.165, 1.54) is 0 Å². The first-order chi connectivity index (χ1) is 14.2. The number of nitrogen functional groups attached to an aromatic ring is 1. The van der Waals surface area contributed by atoms with Crippen molar-refractivity contribution in [2.24, 2.45) is 4.99 Å². The second-order valence-electron chi connectivity index (χ2n) is 6.82. The van der Waals surface area contributed by atoms with Crippen LogP contribution in [0.4, 0.5) is 5.82 Å². The monoisotopic (exact) mass is 396 g/mol. The number of nitrogens with two attached hydrogens (primary N) is 1. The maximum Gasteiger partial charge on any atom is 0.250 e. The van der Waals surface area contributed by atoms with Crippen molar-refractivity contribution in [3.05, 3.63) is 77.4 Å². The summed E-state index contributed by atoms with van der Waals surface area (Å²) < 4.78 is 0. The topological polar surface area (TPSA) is 81.2 Å². The van der Waals surface area contributed by atoms with Gasteiger partial charge in [0.2, 0.25) is 5.91 Å². The molecule has 3 heterocycles. The van der Waals surface area contributed by atoms with Crippen molar-refractivity contribution >= 4 is 29.3 Å². The molecule has 1 aliphatic rings. The first kappa shape index (κ1) is 17.5. The smallest absolute Gasteiger partial charge is 0.250 e. The molecule has 4 aromatic rings. The minimum atomic E-state index is -0.131. The molecule has 0 saturated heterocycles. The SMILES string of the molecule is Nc1ncc(-c2cccc(-c3nccs3)c2)cc1-c1ccc2c(c1)CC(=O)N=C2. The van der Waals surface area contributed by atoms with Gasteiger partial charge in [-0.2, -0.15) is 0 Å². The van der Waals surface area contributed by atoms with Crippen LogP contribution in [-0.2, 0) is 11.2 Å². The van der Waals surface area contributed by atoms with Gasteiger partial charge in [-0.1, -0.05) is 30.3 Å². The fraction of sp³-hybridized carbons (Fsp3) is 0.0435. The fourth-order valence-electron chi connectivity index (χ4n) is 3.46. The Balaban J connectivity index is 1.57. The van der Waals surface area contributed by atoms with Crippen LogP contribution in [-0.4, -0.2) is 22.1 Å². The molecule has 5 rings (SSSR count). The van der Waals surface area contributed by atoms with Crippen LogP contribution in [0.2, 0.25) is 0 Å². The fourth-order valence-corrected chi connectivity index (χ4v) is 4.10. The largest absolute Gasteiger partial charge is 0.383 e. The zero-order chi connectivity index (χ0) is 19.8. The van der Waals surface area contributed by atoms with E-state index in [-0.39, 0.29) is 5.91 Å². The number of hydrogen-bond acceptors (Lipinski definition) is 5. The van der Waals surface area contributed by atoms with Gasteiger partial charge in [0.25, 0.3) is 0 Å². The number of carbonyl (C=O) groups excluding carboxylic acids is 1. The van der Waals surface area contributed by atoms with Crippen LogP contribution in [0.5, 0.6) is 0 Å². The van der Waals surface area contributed by atoms with Gasteiger partial charge in [0.05, 0.1) is 6.42 Å². The summed E-state index contributed by atoms with van der Waals surface area (Å²) in [6.45, 7) is 0. The van der Waals surface area contributed by atoms with Crippen molar-refractivity contribution in [2.75, 3.05) is 5.73 Å². The summed E-state index contributed by atoms with van der Waals surface area (Å²) in [6, 6.07) is 16.2. The number of thiazole rings is 1. The van der Waals surface area contributed by atoms with Crippen molar-refractivity contribution in [1.82, 2.24) is 9.97 Å². The van der Waals surface area contributed by atoms with Gasteiger partial charge >= 0.3 is 0 Å². The number of aliphatic imine (C=N–C) groups is 1. The molecule has 2 aromatic carbocycles. The summed E-state index contributed by atoms with van der Waals surface area (Å²) in [5.41, 5.74) is 13.0. The molecule has 0 saturated carbocycles. The van der Waals surface area contributed by atoms with Gasteiger partial charge in [-0.15, -0.1) is 11.3 Å². The predicted octanol–water partition coefficient (Wildman–Crippen LogP) is 4.62. The van der Waals surface area contributed by atoms with Crippen molar-refractivity contribution in [1.29, 1.82) is 0 Å². The van der Waals surface area contributed by atoms with Crippen LogP contribution in [0, 0.1) is 0 Å². The van der Waals surface area contributed by atoms with Crippen molar-refractivity contribution in [3.8, 4) is 32.8 Å². The highest BCUT2D eigenvalue weighted by molar-refractivity contribution is 7.13. The van der Waals surface area contributed by atoms with Crippen LogP contribution in [0.15, 0.2) is 71.3 Å². The lowest BCUT2D eigenvalue weighted by molar-refractivity contribution is -0.117. The van der Waals surface area contributed by atoms with Gasteiger partial charge in [0.1, 0.15) is 10.8 Å². The van der Waals surface area contributed by atoms with E-state index in [1.54, 1.807) is 29.9 Å². The number of rotatable bonds is 3. The summed E-state index contributed by atoms with van der Waals surface area (Å²) in [4.78, 5) is 24.4. The molecule has 0 radical (unpaired) electrons. The molecule has 6 heteroatoms. The van der Waals surface area contributed by atoms with Crippen molar-refractivity contribution < 1.29 is 4.79 Å². The standard InChI is InChI=1S/C23H16N4OS/c24-22-20(15-4-5-17-12-26-21(28)11-18(17)9-15)10-19(13-27-22)14-2-1-3-16(8-14)23-25-6-7-29-23/h1-10,12-13H,11H2,(H2,24,27). The molecular formula is C23H16N4OS. The van der Waals surface area contributed by atoms with Gasteiger partial charge in [0.15, 0.2) is 0 Å². The second kappa shape index (κ2) is 7.07. The minimum absolute atomic E-state index is 0.131. The number of hydrogen-bond donors (Lipinski definition) is 1. The van der Waals surface area contributed by atoms with E-state index in [1.807, 2.05) is 35.7 Å². The summed E-state index contributed by atoms with van der Waals surface area (Å²) in [6.07, 6.45) is 5.52. The Morgan fingerprint density at radius 2 is 1.83 bits per heavy atom. The third kappa shape index (κ3) is 3.34. The normalized spacial score (nSPS) is 12.8. The van der Waals surface area contributed by atoms with Gasteiger partial charge in [0, 0.05) is 40.7 Å². The van der Waals surface area contributed by atoms with Gasteiger partial charge in [-0.05, 0) is 40.5 Å². The van der Waals surface area contributed by atoms with Crippen LogP contribution in [0.1, 0.15) is 11.1 Å². The average molecular weight is 396 g/mol. The quantitative estimate of drug-likeness (QED) is 0.548. The van der Waals surface area contributed by atoms with Crippen LogP contribution < -0.4 is 5.73 Å². The number of anilines is 1. The number of pyridine rings is 1. The highest BCUT2D eigenvalue weighted by atomic mass is 32.1. The Kier molecular flexibility index (Phi) is 4.26. The molecule has 1 aliphatic heterocycles. The summed E-state index contributed by atoms with van der Waals surface area (Å²) in [7, 11) is 0. The number of fused-ring (bicyclic) bond motifs is 1. The van der Waals surface area contributed by atoms with E-state index in [0.29, 0.717) is 12.2 Å². The summed E-state index contributed by atoms with van der Waals surface area (Å²) in [5, 5.41) is 2.95. The molecule has 0 spiro atoms. The first-order valence-electron chi connectivity index (χ1n) is 9.13. The van der Waals surface area contributed by atoms with E-state index < -0.39 is 0 Å². The molecule has 0 fully saturated rings. The third-order valence-corrected chi connectivity index (χ3v) is 5.76. The molecule has 0 atom stereocenters. The molecule has 0 bridgehead atoms. The van der Waals surface area contributed by atoms with Gasteiger partial charge in [-0.3, -0.25) is 4.79 Å². The lowest BCUT2D eigenvalue weighted by Crippen LogP contribution is -2.09. The molecule has 140 valence electrons. The zero-order valence-corrected chi connectivity index (χ0v) is 16.2. The Morgan fingerprint density at radius 1 is 0.931 bits per heavy atom. The Labute approximate surface area is 171 Å². The number of aromatic nitrogens is 2. The van der Waals surface area contributed by atoms with Gasteiger partial charge < -0.3 is 5.73 Å². The summed E-state index contributed by atoms with van der Waals surface area (Å²) >= 11 is 1.61. The highest BCUT2D eigenvalue weighted by Gasteiger charge is 2.14. The maximum absolute atomic E-state index is 11.7. The van der Waals surface area contributed by atoms with E-state index in [0.717, 1.165) is 44.0 Å². The molecule has 2 N–H and O–H groups in total. The Hall–Kier alpha value is -3.64. The number of benzene rings is 2. The van der Waals surface area contributed by atoms with Crippen LogP contribution in [0.3, 0.4) is 0 Å². The van der Waals surface area contributed by atoms with Crippen molar-refractivity contribution in [2.45, 2.75) is 6.42 Å². The van der Waals surface area contributed by atoms with E-state index in [9.17, 15) is 4.79 Å².